The van der Waals surface area contributed by atoms with Crippen LogP contribution in [0.5, 0.6) is 5.75 Å². The molecule has 0 saturated carbocycles. The molecule has 1 saturated heterocycles. The molecule has 0 amide bonds. The highest BCUT2D eigenvalue weighted by Crippen LogP contribution is 2.47. The van der Waals surface area contributed by atoms with Gasteiger partial charge in [-0.15, -0.1) is 0 Å². The Morgan fingerprint density at radius 3 is 2.53 bits per heavy atom. The van der Waals surface area contributed by atoms with E-state index in [0.717, 1.165) is 12.3 Å². The molecule has 0 aliphatic carbocycles. The predicted molar refractivity (Wildman–Crippen MR) is 121 cm³/mol. The molecule has 15 heteroatoms. The van der Waals surface area contributed by atoms with E-state index in [0.29, 0.717) is 4.57 Å². The number of alkyl halides is 2. The lowest BCUT2D eigenvalue weighted by atomic mass is 10.1. The van der Waals surface area contributed by atoms with E-state index < -0.39 is 68.1 Å². The first-order chi connectivity index (χ1) is 16.8. The zero-order chi connectivity index (χ0) is 26.7. The molecule has 36 heavy (non-hydrogen) atoms. The minimum Gasteiger partial charge on any atom is -0.462 e. The standard InChI is InChI=1S/C21H26F2N3O9P/c1-12(2)33-18(29)13(3)25-36(31,35-14-7-5-4-6-8-14)32-11-15-17(28)21(22,23)19(34-15)26-10-9-16(27)24-20(26)30/h4-10,12-13,15,17,19,28H,11H2,1-3H3,(H,25,31)(H,24,27,30)/t13-,15+,17+,19+,36?/m0/s1. The van der Waals surface area contributed by atoms with Crippen molar-refractivity contribution in [3.8, 4) is 5.75 Å². The van der Waals surface area contributed by atoms with E-state index in [1.165, 1.54) is 19.1 Å². The Labute approximate surface area is 203 Å². The first-order valence-corrected chi connectivity index (χ1v) is 12.4. The van der Waals surface area contributed by atoms with E-state index in [4.69, 9.17) is 18.5 Å². The van der Waals surface area contributed by atoms with Crippen molar-refractivity contribution in [1.82, 2.24) is 14.6 Å². The second-order valence-corrected chi connectivity index (χ2v) is 9.89. The molecule has 5 atom stereocenters. The van der Waals surface area contributed by atoms with Crippen molar-refractivity contribution in [2.24, 2.45) is 0 Å². The van der Waals surface area contributed by atoms with Crippen LogP contribution < -0.4 is 20.9 Å². The van der Waals surface area contributed by atoms with Gasteiger partial charge in [0.1, 0.15) is 17.9 Å². The molecule has 0 bridgehead atoms. The van der Waals surface area contributed by atoms with Gasteiger partial charge in [0.05, 0.1) is 12.7 Å². The van der Waals surface area contributed by atoms with Crippen LogP contribution in [0.15, 0.2) is 52.2 Å². The molecular formula is C21H26F2N3O9P. The van der Waals surface area contributed by atoms with Crippen LogP contribution in [0.2, 0.25) is 0 Å². The summed E-state index contributed by atoms with van der Waals surface area (Å²) in [6.07, 6.45) is -6.20. The van der Waals surface area contributed by atoms with Crippen LogP contribution in [0.4, 0.5) is 8.78 Å². The van der Waals surface area contributed by atoms with Crippen LogP contribution >= 0.6 is 7.75 Å². The van der Waals surface area contributed by atoms with Gasteiger partial charge in [-0.2, -0.15) is 13.9 Å². The van der Waals surface area contributed by atoms with Crippen LogP contribution in [0.1, 0.15) is 27.0 Å². The minimum absolute atomic E-state index is 0.0775. The third kappa shape index (κ3) is 6.45. The number of benzene rings is 1. The number of para-hydroxylation sites is 1. The molecule has 3 N–H and O–H groups in total. The summed E-state index contributed by atoms with van der Waals surface area (Å²) in [6, 6.07) is 7.36. The molecule has 198 valence electrons. The zero-order valence-electron chi connectivity index (χ0n) is 19.5. The Kier molecular flexibility index (Phi) is 8.47. The van der Waals surface area contributed by atoms with Crippen molar-refractivity contribution in [1.29, 1.82) is 0 Å². The SMILES string of the molecule is CC(C)OC(=O)[C@H](C)NP(=O)(OC[C@H]1O[C@@H](n2ccc(=O)[nH]c2=O)C(F)(F)[C@@H]1O)Oc1ccccc1. The lowest BCUT2D eigenvalue weighted by molar-refractivity contribution is -0.149. The van der Waals surface area contributed by atoms with E-state index in [9.17, 15) is 32.8 Å². The van der Waals surface area contributed by atoms with Crippen LogP contribution in [0, 0.1) is 0 Å². The lowest BCUT2D eigenvalue weighted by Crippen LogP contribution is -2.43. The van der Waals surface area contributed by atoms with Gasteiger partial charge in [0.2, 0.25) is 6.23 Å². The van der Waals surface area contributed by atoms with Crippen LogP contribution in [0.3, 0.4) is 0 Å². The van der Waals surface area contributed by atoms with Gasteiger partial charge in [0, 0.05) is 12.3 Å². The number of aliphatic hydroxyl groups is 1. The van der Waals surface area contributed by atoms with Crippen molar-refractivity contribution >= 4 is 13.7 Å². The maximum Gasteiger partial charge on any atom is 0.459 e. The van der Waals surface area contributed by atoms with Crippen LogP contribution in [-0.4, -0.2) is 57.5 Å². The molecule has 12 nitrogen and oxygen atoms in total. The number of aromatic amines is 1. The molecule has 1 aliphatic rings. The summed E-state index contributed by atoms with van der Waals surface area (Å²) in [5.41, 5.74) is -1.99. The second-order valence-electron chi connectivity index (χ2n) is 8.20. The average molecular weight is 533 g/mol. The number of nitrogens with one attached hydrogen (secondary N) is 2. The van der Waals surface area contributed by atoms with Gasteiger partial charge >= 0.3 is 25.3 Å². The summed E-state index contributed by atoms with van der Waals surface area (Å²) < 4.78 is 64.3. The summed E-state index contributed by atoms with van der Waals surface area (Å²) in [7, 11) is -4.43. The predicted octanol–water partition coefficient (Wildman–Crippen LogP) is 1.56. The van der Waals surface area contributed by atoms with E-state index >= 15 is 0 Å². The Bertz CT molecular complexity index is 1220. The topological polar surface area (TPSA) is 158 Å². The van der Waals surface area contributed by atoms with Crippen molar-refractivity contribution < 1.29 is 41.8 Å². The maximum atomic E-state index is 14.8. The Morgan fingerprint density at radius 2 is 1.92 bits per heavy atom. The molecule has 1 aromatic heterocycles. The molecule has 1 fully saturated rings. The Hall–Kier alpha value is -2.90. The highest BCUT2D eigenvalue weighted by atomic mass is 31.2. The van der Waals surface area contributed by atoms with Crippen molar-refractivity contribution in [2.45, 2.75) is 57.3 Å². The highest BCUT2D eigenvalue weighted by molar-refractivity contribution is 7.52. The summed E-state index contributed by atoms with van der Waals surface area (Å²) in [4.78, 5) is 37.2. The molecule has 0 radical (unpaired) electrons. The van der Waals surface area contributed by atoms with E-state index in [2.05, 4.69) is 5.09 Å². The van der Waals surface area contributed by atoms with Crippen LogP contribution in [0.25, 0.3) is 0 Å². The summed E-state index contributed by atoms with van der Waals surface area (Å²) in [5, 5.41) is 12.6. The molecule has 0 spiro atoms. The van der Waals surface area contributed by atoms with Gasteiger partial charge < -0.3 is 19.1 Å². The third-order valence-corrected chi connectivity index (χ3v) is 6.56. The fourth-order valence-electron chi connectivity index (χ4n) is 3.22. The molecular weight excluding hydrogens is 507 g/mol. The largest absolute Gasteiger partial charge is 0.462 e. The average Bonchev–Trinajstić information content (AvgIpc) is 3.01. The number of rotatable bonds is 10. The van der Waals surface area contributed by atoms with Gasteiger partial charge in [-0.1, -0.05) is 18.2 Å². The number of nitrogens with zero attached hydrogens (tertiary/aromatic N) is 1. The van der Waals surface area contributed by atoms with Crippen molar-refractivity contribution in [2.75, 3.05) is 6.61 Å². The summed E-state index contributed by atoms with van der Waals surface area (Å²) >= 11 is 0. The first kappa shape index (κ1) is 27.7. The lowest BCUT2D eigenvalue weighted by Gasteiger charge is -2.25. The van der Waals surface area contributed by atoms with E-state index in [1.54, 1.807) is 32.0 Å². The monoisotopic (exact) mass is 533 g/mol. The van der Waals surface area contributed by atoms with E-state index in [-0.39, 0.29) is 5.75 Å². The Balaban J connectivity index is 1.80. The molecule has 1 unspecified atom stereocenters. The number of aliphatic hydroxyl groups excluding tert-OH is 1. The molecule has 3 rings (SSSR count). The number of aromatic nitrogens is 2. The van der Waals surface area contributed by atoms with Crippen LogP contribution in [-0.2, 0) is 23.4 Å². The van der Waals surface area contributed by atoms with Gasteiger partial charge in [-0.05, 0) is 32.9 Å². The quantitative estimate of drug-likeness (QED) is 0.302. The maximum absolute atomic E-state index is 14.8. The molecule has 2 heterocycles. The van der Waals surface area contributed by atoms with Gasteiger partial charge in [-0.25, -0.2) is 9.36 Å². The molecule has 1 aliphatic heterocycles. The third-order valence-electron chi connectivity index (χ3n) is 4.92. The zero-order valence-corrected chi connectivity index (χ0v) is 20.4. The van der Waals surface area contributed by atoms with Crippen molar-refractivity contribution in [3.05, 3.63) is 63.4 Å². The van der Waals surface area contributed by atoms with Crippen molar-refractivity contribution in [3.63, 3.8) is 0 Å². The summed E-state index contributed by atoms with van der Waals surface area (Å²) in [5.74, 6) is -4.68. The highest BCUT2D eigenvalue weighted by Gasteiger charge is 2.60. The first-order valence-electron chi connectivity index (χ1n) is 10.8. The number of hydrogen-bond donors (Lipinski definition) is 3. The van der Waals surface area contributed by atoms with E-state index in [1.807, 2.05) is 4.98 Å². The number of carbonyl (C=O) groups is 1. The number of esters is 1. The number of H-pyrrole nitrogens is 1. The molecule has 2 aromatic rings. The normalized spacial score (nSPS) is 23.7. The number of halogens is 2. The smallest absolute Gasteiger partial charge is 0.459 e. The number of ether oxygens (including phenoxy) is 2. The minimum atomic E-state index is -4.43. The summed E-state index contributed by atoms with van der Waals surface area (Å²) in [6.45, 7) is 3.69. The van der Waals surface area contributed by atoms with Gasteiger partial charge in [0.25, 0.3) is 5.56 Å². The second kappa shape index (κ2) is 11.0. The fraction of sp³-hybridized carbons (Fsp3) is 0.476. The molecule has 1 aromatic carbocycles. The van der Waals surface area contributed by atoms with Gasteiger partial charge in [-0.3, -0.25) is 23.7 Å². The Morgan fingerprint density at radius 1 is 1.25 bits per heavy atom. The van der Waals surface area contributed by atoms with Gasteiger partial charge in [0.15, 0.2) is 6.10 Å². The number of hydrogen-bond acceptors (Lipinski definition) is 9. The number of carbonyl (C=O) groups excluding carboxylic acids is 1. The fourth-order valence-corrected chi connectivity index (χ4v) is 4.73.